The number of anilines is 1. The number of benzene rings is 2. The Morgan fingerprint density at radius 3 is 2.42 bits per heavy atom. The van der Waals surface area contributed by atoms with Crippen LogP contribution in [0.15, 0.2) is 47.4 Å². The second-order valence-electron chi connectivity index (χ2n) is 8.50. The van der Waals surface area contributed by atoms with E-state index in [1.165, 1.54) is 5.56 Å². The van der Waals surface area contributed by atoms with Crippen LogP contribution in [-0.2, 0) is 37.8 Å². The van der Waals surface area contributed by atoms with Crippen molar-refractivity contribution in [2.75, 3.05) is 25.0 Å². The number of nitrogens with one attached hydrogen (secondary N) is 2. The summed E-state index contributed by atoms with van der Waals surface area (Å²) in [5.41, 5.74) is 3.33. The predicted octanol–water partition coefficient (Wildman–Crippen LogP) is 3.55. The molecule has 0 spiro atoms. The summed E-state index contributed by atoms with van der Waals surface area (Å²) in [6, 6.07) is 12.6. The summed E-state index contributed by atoms with van der Waals surface area (Å²) >= 11 is 0. The number of sulfonamides is 1. The van der Waals surface area contributed by atoms with Gasteiger partial charge in [0.15, 0.2) is 0 Å². The maximum Gasteiger partial charge on any atom is 0.261 e. The number of aryl methyl sites for hydroxylation is 2. The smallest absolute Gasteiger partial charge is 0.261 e. The lowest BCUT2D eigenvalue weighted by Gasteiger charge is -2.18. The summed E-state index contributed by atoms with van der Waals surface area (Å²) < 4.78 is 33.4. The highest BCUT2D eigenvalue weighted by atomic mass is 32.2. The SMILES string of the molecule is COCCCNC(=O)C1(c2ccc(NS(=O)(=O)c3ccc4c(c3)CCCC4)cc2)CC1. The van der Waals surface area contributed by atoms with E-state index >= 15 is 0 Å². The van der Waals surface area contributed by atoms with Gasteiger partial charge >= 0.3 is 0 Å². The highest BCUT2D eigenvalue weighted by Crippen LogP contribution is 2.48. The fourth-order valence-corrected chi connectivity index (χ4v) is 5.42. The second-order valence-corrected chi connectivity index (χ2v) is 10.2. The lowest BCUT2D eigenvalue weighted by Crippen LogP contribution is -2.35. The van der Waals surface area contributed by atoms with E-state index in [4.69, 9.17) is 4.74 Å². The average molecular weight is 443 g/mol. The molecule has 2 N–H and O–H groups in total. The van der Waals surface area contributed by atoms with Crippen molar-refractivity contribution in [2.24, 2.45) is 0 Å². The van der Waals surface area contributed by atoms with E-state index < -0.39 is 15.4 Å². The first-order valence-electron chi connectivity index (χ1n) is 11.0. The summed E-state index contributed by atoms with van der Waals surface area (Å²) in [5.74, 6) is 0.0333. The van der Waals surface area contributed by atoms with Gasteiger partial charge in [0, 0.05) is 25.9 Å². The van der Waals surface area contributed by atoms with Crippen molar-refractivity contribution >= 4 is 21.6 Å². The fraction of sp³-hybridized carbons (Fsp3) is 0.458. The number of rotatable bonds is 9. The van der Waals surface area contributed by atoms with Crippen molar-refractivity contribution in [1.82, 2.24) is 5.32 Å². The molecule has 0 radical (unpaired) electrons. The zero-order valence-electron chi connectivity index (χ0n) is 17.9. The zero-order valence-corrected chi connectivity index (χ0v) is 18.8. The fourth-order valence-electron chi connectivity index (χ4n) is 4.31. The molecule has 1 saturated carbocycles. The minimum absolute atomic E-state index is 0.0333. The van der Waals surface area contributed by atoms with Crippen LogP contribution in [0.4, 0.5) is 5.69 Å². The number of hydrogen-bond acceptors (Lipinski definition) is 4. The first-order valence-corrected chi connectivity index (χ1v) is 12.5. The normalized spacial score (nSPS) is 16.9. The van der Waals surface area contributed by atoms with E-state index in [1.807, 2.05) is 18.2 Å². The van der Waals surface area contributed by atoms with E-state index in [0.29, 0.717) is 23.7 Å². The summed E-state index contributed by atoms with van der Waals surface area (Å²) in [6.45, 7) is 1.21. The molecule has 7 heteroatoms. The van der Waals surface area contributed by atoms with Crippen LogP contribution in [0.25, 0.3) is 0 Å². The van der Waals surface area contributed by atoms with Gasteiger partial charge in [-0.15, -0.1) is 0 Å². The number of amides is 1. The van der Waals surface area contributed by atoms with Gasteiger partial charge < -0.3 is 10.1 Å². The van der Waals surface area contributed by atoms with Crippen LogP contribution in [0.1, 0.15) is 48.8 Å². The minimum Gasteiger partial charge on any atom is -0.385 e. The molecule has 2 aliphatic carbocycles. The van der Waals surface area contributed by atoms with Crippen LogP contribution in [0, 0.1) is 0 Å². The molecule has 0 atom stereocenters. The Balaban J connectivity index is 1.43. The molecule has 0 bridgehead atoms. The van der Waals surface area contributed by atoms with Gasteiger partial charge in [-0.25, -0.2) is 8.42 Å². The van der Waals surface area contributed by atoms with Gasteiger partial charge in [0.05, 0.1) is 10.3 Å². The molecule has 2 aromatic carbocycles. The van der Waals surface area contributed by atoms with Gasteiger partial charge in [0.25, 0.3) is 10.0 Å². The number of hydrogen-bond donors (Lipinski definition) is 2. The van der Waals surface area contributed by atoms with Gasteiger partial charge in [0.2, 0.25) is 5.91 Å². The molecule has 0 unspecified atom stereocenters. The van der Waals surface area contributed by atoms with Crippen molar-refractivity contribution in [3.05, 3.63) is 59.2 Å². The van der Waals surface area contributed by atoms with E-state index in [2.05, 4.69) is 10.0 Å². The van der Waals surface area contributed by atoms with Crippen LogP contribution >= 0.6 is 0 Å². The molecule has 0 saturated heterocycles. The largest absolute Gasteiger partial charge is 0.385 e. The van der Waals surface area contributed by atoms with Crippen molar-refractivity contribution in [3.63, 3.8) is 0 Å². The number of ether oxygens (including phenoxy) is 1. The predicted molar refractivity (Wildman–Crippen MR) is 121 cm³/mol. The van der Waals surface area contributed by atoms with Crippen molar-refractivity contribution in [2.45, 2.75) is 55.3 Å². The van der Waals surface area contributed by atoms with Gasteiger partial charge in [0.1, 0.15) is 0 Å². The van der Waals surface area contributed by atoms with Gasteiger partial charge in [-0.3, -0.25) is 9.52 Å². The first kappa shape index (κ1) is 21.8. The highest BCUT2D eigenvalue weighted by Gasteiger charge is 2.51. The lowest BCUT2D eigenvalue weighted by atomic mass is 9.92. The molecule has 31 heavy (non-hydrogen) atoms. The third-order valence-corrected chi connectivity index (χ3v) is 7.69. The van der Waals surface area contributed by atoms with E-state index in [0.717, 1.165) is 56.1 Å². The lowest BCUT2D eigenvalue weighted by molar-refractivity contribution is -0.123. The Labute approximate surface area is 184 Å². The van der Waals surface area contributed by atoms with Crippen LogP contribution < -0.4 is 10.0 Å². The van der Waals surface area contributed by atoms with Crippen LogP contribution in [0.2, 0.25) is 0 Å². The molecule has 4 rings (SSSR count). The molecular weight excluding hydrogens is 412 g/mol. The zero-order chi connectivity index (χ0) is 21.9. The standard InChI is InChI=1S/C24H30N2O4S/c1-30-16-4-15-25-23(27)24(13-14-24)20-8-10-21(11-9-20)26-31(28,29)22-12-7-18-5-2-3-6-19(18)17-22/h7-12,17,26H,2-6,13-16H2,1H3,(H,25,27). The third-order valence-electron chi connectivity index (χ3n) is 6.32. The van der Waals surface area contributed by atoms with Crippen molar-refractivity contribution in [1.29, 1.82) is 0 Å². The summed E-state index contributed by atoms with van der Waals surface area (Å²) in [5, 5.41) is 2.99. The quantitative estimate of drug-likeness (QED) is 0.582. The third kappa shape index (κ3) is 4.77. The molecule has 2 aromatic rings. The Kier molecular flexibility index (Phi) is 6.34. The van der Waals surface area contributed by atoms with Gasteiger partial charge in [-0.05, 0) is 85.9 Å². The molecule has 0 aromatic heterocycles. The summed E-state index contributed by atoms with van der Waals surface area (Å²) in [4.78, 5) is 12.9. The molecule has 0 heterocycles. The first-order chi connectivity index (χ1) is 14.9. The molecule has 1 amide bonds. The minimum atomic E-state index is -3.65. The second kappa shape index (κ2) is 9.01. The van der Waals surface area contributed by atoms with Crippen molar-refractivity contribution in [3.8, 4) is 0 Å². The van der Waals surface area contributed by atoms with Crippen molar-refractivity contribution < 1.29 is 17.9 Å². The Bertz CT molecular complexity index is 1040. The number of carbonyl (C=O) groups is 1. The van der Waals surface area contributed by atoms with E-state index in [1.54, 1.807) is 31.4 Å². The Hall–Kier alpha value is -2.38. The highest BCUT2D eigenvalue weighted by molar-refractivity contribution is 7.92. The summed E-state index contributed by atoms with van der Waals surface area (Å²) in [6.07, 6.45) is 6.62. The van der Waals surface area contributed by atoms with Gasteiger partial charge in [-0.1, -0.05) is 18.2 Å². The van der Waals surface area contributed by atoms with Gasteiger partial charge in [-0.2, -0.15) is 0 Å². The number of fused-ring (bicyclic) bond motifs is 1. The van der Waals surface area contributed by atoms with Crippen LogP contribution in [-0.4, -0.2) is 34.6 Å². The molecular formula is C24H30N2O4S. The monoisotopic (exact) mass is 442 g/mol. The summed E-state index contributed by atoms with van der Waals surface area (Å²) in [7, 11) is -2.01. The number of carbonyl (C=O) groups excluding carboxylic acids is 1. The maximum atomic E-state index is 12.9. The molecule has 0 aliphatic heterocycles. The Morgan fingerprint density at radius 1 is 1.03 bits per heavy atom. The van der Waals surface area contributed by atoms with Crippen LogP contribution in [0.5, 0.6) is 0 Å². The average Bonchev–Trinajstić information content (AvgIpc) is 3.59. The molecule has 2 aliphatic rings. The number of methoxy groups -OCH3 is 1. The molecule has 6 nitrogen and oxygen atoms in total. The molecule has 1 fully saturated rings. The Morgan fingerprint density at radius 2 is 1.74 bits per heavy atom. The van der Waals surface area contributed by atoms with Crippen LogP contribution in [0.3, 0.4) is 0 Å². The maximum absolute atomic E-state index is 12.9. The topological polar surface area (TPSA) is 84.5 Å². The molecule has 166 valence electrons. The van der Waals surface area contributed by atoms with E-state index in [-0.39, 0.29) is 5.91 Å². The van der Waals surface area contributed by atoms with E-state index in [9.17, 15) is 13.2 Å².